The SMILES string of the molecule is Brc1cccc2c1-c1ccccc1S2(c1ccccc1)c1cccc2ccccc12. The zero-order chi connectivity index (χ0) is 20.1. The van der Waals surface area contributed by atoms with Gasteiger partial charge in [-0.25, -0.2) is 0 Å². The normalized spacial score (nSPS) is 19.1. The predicted molar refractivity (Wildman–Crippen MR) is 131 cm³/mol. The fraction of sp³-hybridized carbons (Fsp3) is 0. The van der Waals surface area contributed by atoms with Gasteiger partial charge in [0.1, 0.15) is 0 Å². The summed E-state index contributed by atoms with van der Waals surface area (Å²) >= 11 is 3.88. The molecular formula is C28H19BrS. The molecule has 1 heterocycles. The van der Waals surface area contributed by atoms with Crippen LogP contribution in [0.4, 0.5) is 0 Å². The molecule has 5 aromatic rings. The molecule has 0 nitrogen and oxygen atoms in total. The molecule has 0 aliphatic carbocycles. The van der Waals surface area contributed by atoms with E-state index in [2.05, 4.69) is 131 Å². The van der Waals surface area contributed by atoms with Gasteiger partial charge in [0.25, 0.3) is 0 Å². The Morgan fingerprint density at radius 1 is 0.500 bits per heavy atom. The molecule has 1 unspecified atom stereocenters. The van der Waals surface area contributed by atoms with Crippen molar-refractivity contribution in [1.82, 2.24) is 0 Å². The highest BCUT2D eigenvalue weighted by atomic mass is 79.9. The Kier molecular flexibility index (Phi) is 4.12. The van der Waals surface area contributed by atoms with Gasteiger partial charge in [0.2, 0.25) is 0 Å². The molecule has 0 N–H and O–H groups in total. The number of hydrogen-bond acceptors (Lipinski definition) is 0. The lowest BCUT2D eigenvalue weighted by atomic mass is 10.1. The first-order valence-corrected chi connectivity index (χ1v) is 12.5. The third-order valence-corrected chi connectivity index (χ3v) is 10.6. The summed E-state index contributed by atoms with van der Waals surface area (Å²) in [6.45, 7) is 0. The number of fused-ring (bicyclic) bond motifs is 4. The molecule has 0 bridgehead atoms. The Morgan fingerprint density at radius 2 is 1.13 bits per heavy atom. The molecule has 1 atom stereocenters. The second-order valence-electron chi connectivity index (χ2n) is 7.51. The van der Waals surface area contributed by atoms with Crippen LogP contribution in [0.15, 0.2) is 139 Å². The summed E-state index contributed by atoms with van der Waals surface area (Å²) in [4.78, 5) is 5.64. The third kappa shape index (κ3) is 2.35. The smallest absolute Gasteiger partial charge is 0.0265 e. The van der Waals surface area contributed by atoms with Gasteiger partial charge in [0, 0.05) is 29.6 Å². The van der Waals surface area contributed by atoms with E-state index in [0.29, 0.717) is 0 Å². The summed E-state index contributed by atoms with van der Waals surface area (Å²) in [5, 5.41) is 2.63. The van der Waals surface area contributed by atoms with Gasteiger partial charge in [0.15, 0.2) is 0 Å². The Hall–Kier alpha value is -2.81. The molecule has 2 heteroatoms. The van der Waals surface area contributed by atoms with Crippen LogP contribution in [0.5, 0.6) is 0 Å². The first kappa shape index (κ1) is 18.0. The molecule has 6 rings (SSSR count). The van der Waals surface area contributed by atoms with Gasteiger partial charge in [-0.3, -0.25) is 0 Å². The van der Waals surface area contributed by atoms with Crippen LogP contribution >= 0.6 is 26.0 Å². The average molecular weight is 467 g/mol. The van der Waals surface area contributed by atoms with Crippen LogP contribution in [0.2, 0.25) is 0 Å². The summed E-state index contributed by atoms with van der Waals surface area (Å²) in [5.41, 5.74) is 2.67. The predicted octanol–water partition coefficient (Wildman–Crippen LogP) is 8.92. The highest BCUT2D eigenvalue weighted by Gasteiger charge is 2.43. The topological polar surface area (TPSA) is 0 Å². The molecule has 0 saturated heterocycles. The largest absolute Gasteiger partial charge is 0.131 e. The van der Waals surface area contributed by atoms with Gasteiger partial charge in [-0.2, -0.15) is 0 Å². The molecule has 1 aliphatic rings. The van der Waals surface area contributed by atoms with Crippen molar-refractivity contribution in [1.29, 1.82) is 0 Å². The molecule has 5 aromatic carbocycles. The minimum absolute atomic E-state index is 1.16. The van der Waals surface area contributed by atoms with Gasteiger partial charge >= 0.3 is 0 Å². The van der Waals surface area contributed by atoms with E-state index in [-0.39, 0.29) is 0 Å². The highest BCUT2D eigenvalue weighted by Crippen LogP contribution is 2.81. The van der Waals surface area contributed by atoms with E-state index >= 15 is 0 Å². The van der Waals surface area contributed by atoms with Gasteiger partial charge in [-0.15, -0.1) is 10.0 Å². The average Bonchev–Trinajstić information content (AvgIpc) is 3.11. The van der Waals surface area contributed by atoms with E-state index in [1.807, 2.05) is 0 Å². The summed E-state index contributed by atoms with van der Waals surface area (Å²) in [7, 11) is -1.62. The van der Waals surface area contributed by atoms with E-state index in [9.17, 15) is 0 Å². The number of benzene rings is 5. The van der Waals surface area contributed by atoms with Crippen LogP contribution in [0, 0.1) is 0 Å². The van der Waals surface area contributed by atoms with Crippen molar-refractivity contribution in [3.8, 4) is 11.1 Å². The van der Waals surface area contributed by atoms with Crippen molar-refractivity contribution in [2.24, 2.45) is 0 Å². The highest BCUT2D eigenvalue weighted by molar-refractivity contribution is 9.10. The molecule has 0 aromatic heterocycles. The van der Waals surface area contributed by atoms with Crippen molar-refractivity contribution in [2.45, 2.75) is 19.6 Å². The molecular weight excluding hydrogens is 448 g/mol. The molecule has 30 heavy (non-hydrogen) atoms. The fourth-order valence-corrected chi connectivity index (χ4v) is 9.92. The van der Waals surface area contributed by atoms with Crippen LogP contribution in [0.3, 0.4) is 0 Å². The molecule has 0 radical (unpaired) electrons. The number of hydrogen-bond donors (Lipinski definition) is 0. The van der Waals surface area contributed by atoms with Gasteiger partial charge in [-0.05, 0) is 52.7 Å². The van der Waals surface area contributed by atoms with E-state index in [1.165, 1.54) is 41.5 Å². The Labute approximate surface area is 186 Å². The fourth-order valence-electron chi connectivity index (χ4n) is 4.78. The Morgan fingerprint density at radius 3 is 2.03 bits per heavy atom. The van der Waals surface area contributed by atoms with Crippen molar-refractivity contribution in [3.63, 3.8) is 0 Å². The zero-order valence-electron chi connectivity index (χ0n) is 16.3. The first-order valence-electron chi connectivity index (χ1n) is 10.1. The van der Waals surface area contributed by atoms with Gasteiger partial charge in [-0.1, -0.05) is 94.8 Å². The van der Waals surface area contributed by atoms with Gasteiger partial charge < -0.3 is 0 Å². The summed E-state index contributed by atoms with van der Waals surface area (Å²) in [6, 6.07) is 42.3. The van der Waals surface area contributed by atoms with E-state index in [0.717, 1.165) is 4.47 Å². The molecule has 1 aliphatic heterocycles. The lowest BCUT2D eigenvalue weighted by molar-refractivity contribution is 1.31. The number of halogens is 1. The van der Waals surface area contributed by atoms with Crippen LogP contribution in [-0.2, 0) is 0 Å². The van der Waals surface area contributed by atoms with Crippen LogP contribution in [0.25, 0.3) is 21.9 Å². The minimum atomic E-state index is -1.62. The van der Waals surface area contributed by atoms with Crippen molar-refractivity contribution in [2.75, 3.05) is 0 Å². The molecule has 0 saturated carbocycles. The number of rotatable bonds is 2. The second-order valence-corrected chi connectivity index (χ2v) is 11.4. The molecule has 0 amide bonds. The Balaban J connectivity index is 1.87. The minimum Gasteiger partial charge on any atom is -0.131 e. The van der Waals surface area contributed by atoms with E-state index in [4.69, 9.17) is 0 Å². The van der Waals surface area contributed by atoms with E-state index in [1.54, 1.807) is 0 Å². The lowest BCUT2D eigenvalue weighted by Gasteiger charge is -2.40. The maximum absolute atomic E-state index is 3.88. The van der Waals surface area contributed by atoms with Crippen molar-refractivity contribution in [3.05, 3.63) is 120 Å². The standard InChI is InChI=1S/C28H19BrS/c29-24-16-9-19-27-28(24)23-15-6-7-17-26(23)30(27,21-12-2-1-3-13-21)25-18-8-11-20-10-4-5-14-22(20)25/h1-19H. The van der Waals surface area contributed by atoms with Crippen molar-refractivity contribution < 1.29 is 0 Å². The van der Waals surface area contributed by atoms with Crippen molar-refractivity contribution >= 4 is 36.7 Å². The summed E-state index contributed by atoms with van der Waals surface area (Å²) in [5.74, 6) is 0. The van der Waals surface area contributed by atoms with E-state index < -0.39 is 10.0 Å². The lowest BCUT2D eigenvalue weighted by Crippen LogP contribution is -2.02. The van der Waals surface area contributed by atoms with Crippen LogP contribution in [0.1, 0.15) is 0 Å². The monoisotopic (exact) mass is 466 g/mol. The van der Waals surface area contributed by atoms with Crippen LogP contribution in [-0.4, -0.2) is 0 Å². The van der Waals surface area contributed by atoms with Crippen LogP contribution < -0.4 is 0 Å². The maximum atomic E-state index is 3.88. The molecule has 0 spiro atoms. The zero-order valence-corrected chi connectivity index (χ0v) is 18.7. The maximum Gasteiger partial charge on any atom is 0.0265 e. The van der Waals surface area contributed by atoms with Gasteiger partial charge in [0.05, 0.1) is 0 Å². The Bertz CT molecular complexity index is 1400. The summed E-state index contributed by atoms with van der Waals surface area (Å²) < 4.78 is 1.16. The molecule has 0 fully saturated rings. The quantitative estimate of drug-likeness (QED) is 0.238. The second kappa shape index (κ2) is 6.87. The molecule has 144 valence electrons. The third-order valence-electron chi connectivity index (χ3n) is 5.97. The summed E-state index contributed by atoms with van der Waals surface area (Å²) in [6.07, 6.45) is 0. The first-order chi connectivity index (χ1) is 14.8.